The van der Waals surface area contributed by atoms with E-state index in [1.54, 1.807) is 6.33 Å². The number of carbonyl (C=O) groups excluding carboxylic acids is 1. The van der Waals surface area contributed by atoms with Crippen LogP contribution in [0.4, 0.5) is 5.82 Å². The Hall–Kier alpha value is -2.48. The van der Waals surface area contributed by atoms with E-state index in [0.717, 1.165) is 35.0 Å². The maximum atomic E-state index is 12.7. The minimum atomic E-state index is 0.140. The topological polar surface area (TPSA) is 66.6 Å². The molecular weight excluding hydrogens is 348 g/mol. The summed E-state index contributed by atoms with van der Waals surface area (Å²) in [7, 11) is 0. The Morgan fingerprint density at radius 1 is 1.23 bits per heavy atom. The van der Waals surface area contributed by atoms with E-state index in [4.69, 9.17) is 0 Å². The van der Waals surface area contributed by atoms with Gasteiger partial charge < -0.3 is 9.80 Å². The molecule has 0 aromatic carbocycles. The van der Waals surface area contributed by atoms with Crippen LogP contribution in [0.5, 0.6) is 0 Å². The van der Waals surface area contributed by atoms with Crippen molar-refractivity contribution in [2.24, 2.45) is 0 Å². The molecule has 8 heteroatoms. The minimum absolute atomic E-state index is 0.140. The van der Waals surface area contributed by atoms with Crippen LogP contribution in [0.3, 0.4) is 0 Å². The summed E-state index contributed by atoms with van der Waals surface area (Å²) in [5, 5.41) is 10.1. The lowest BCUT2D eigenvalue weighted by Gasteiger charge is -2.35. The molecule has 1 fully saturated rings. The zero-order valence-corrected chi connectivity index (χ0v) is 16.0. The van der Waals surface area contributed by atoms with E-state index in [2.05, 4.69) is 40.0 Å². The number of nitrogens with zero attached hydrogens (tertiary/aromatic N) is 6. The predicted molar refractivity (Wildman–Crippen MR) is 102 cm³/mol. The molecular formula is C18H22N6OS. The van der Waals surface area contributed by atoms with Crippen LogP contribution in [-0.4, -0.2) is 56.6 Å². The van der Waals surface area contributed by atoms with Gasteiger partial charge in [0.1, 0.15) is 12.1 Å². The summed E-state index contributed by atoms with van der Waals surface area (Å²) in [4.78, 5) is 22.4. The summed E-state index contributed by atoms with van der Waals surface area (Å²) in [5.74, 6) is 2.02. The van der Waals surface area contributed by atoms with Gasteiger partial charge in [0.2, 0.25) is 0 Å². The molecule has 0 N–H and O–H groups in total. The number of aryl methyl sites for hydroxylation is 1. The van der Waals surface area contributed by atoms with Crippen molar-refractivity contribution < 1.29 is 4.79 Å². The van der Waals surface area contributed by atoms with Gasteiger partial charge in [-0.05, 0) is 29.9 Å². The maximum Gasteiger partial charge on any atom is 0.264 e. The molecule has 1 amide bonds. The van der Waals surface area contributed by atoms with Crippen molar-refractivity contribution in [1.29, 1.82) is 0 Å². The number of anilines is 1. The van der Waals surface area contributed by atoms with E-state index in [1.165, 1.54) is 11.3 Å². The SMILES string of the molecule is Cc1ccsc1C(=O)N1CCN(c2cc(C(C)C)n3cnnc3n2)CC1. The second-order valence-electron chi connectivity index (χ2n) is 6.91. The Labute approximate surface area is 156 Å². The molecule has 0 atom stereocenters. The van der Waals surface area contributed by atoms with Crippen LogP contribution in [0.25, 0.3) is 5.78 Å². The van der Waals surface area contributed by atoms with Crippen LogP contribution < -0.4 is 4.90 Å². The molecule has 4 rings (SSSR count). The van der Waals surface area contributed by atoms with E-state index in [1.807, 2.05) is 27.7 Å². The normalized spacial score (nSPS) is 15.2. The van der Waals surface area contributed by atoms with Crippen molar-refractivity contribution in [2.75, 3.05) is 31.1 Å². The predicted octanol–water partition coefficient (Wildman–Crippen LogP) is 2.58. The standard InChI is InChI=1S/C18H22N6OS/c1-12(2)14-10-15(20-18-21-19-11-24(14)18)22-5-7-23(8-6-22)17(25)16-13(3)4-9-26-16/h4,9-12H,5-8H2,1-3H3. The first-order valence-corrected chi connectivity index (χ1v) is 9.71. The number of amides is 1. The van der Waals surface area contributed by atoms with Gasteiger partial charge in [-0.25, -0.2) is 0 Å². The van der Waals surface area contributed by atoms with Gasteiger partial charge in [0.25, 0.3) is 11.7 Å². The van der Waals surface area contributed by atoms with Crippen LogP contribution in [-0.2, 0) is 0 Å². The van der Waals surface area contributed by atoms with Crippen molar-refractivity contribution in [3.8, 4) is 0 Å². The largest absolute Gasteiger partial charge is 0.353 e. The third-order valence-electron chi connectivity index (χ3n) is 4.84. The van der Waals surface area contributed by atoms with Gasteiger partial charge in [0.05, 0.1) is 4.88 Å². The second-order valence-corrected chi connectivity index (χ2v) is 7.82. The van der Waals surface area contributed by atoms with Crippen molar-refractivity contribution in [1.82, 2.24) is 24.5 Å². The molecule has 136 valence electrons. The van der Waals surface area contributed by atoms with Crippen molar-refractivity contribution in [2.45, 2.75) is 26.7 Å². The monoisotopic (exact) mass is 370 g/mol. The first-order chi connectivity index (χ1) is 12.5. The lowest BCUT2D eigenvalue weighted by atomic mass is 10.1. The summed E-state index contributed by atoms with van der Waals surface area (Å²) in [6.07, 6.45) is 1.71. The van der Waals surface area contributed by atoms with Crippen LogP contribution in [0.15, 0.2) is 23.8 Å². The number of hydrogen-bond donors (Lipinski definition) is 0. The minimum Gasteiger partial charge on any atom is -0.353 e. The van der Waals surface area contributed by atoms with E-state index in [9.17, 15) is 4.79 Å². The quantitative estimate of drug-likeness (QED) is 0.709. The van der Waals surface area contributed by atoms with Crippen LogP contribution >= 0.6 is 11.3 Å². The van der Waals surface area contributed by atoms with Crippen LogP contribution in [0.1, 0.15) is 40.7 Å². The Kier molecular flexibility index (Phi) is 4.36. The van der Waals surface area contributed by atoms with Gasteiger partial charge in [0.15, 0.2) is 0 Å². The molecule has 1 aliphatic heterocycles. The molecule has 0 radical (unpaired) electrons. The molecule has 0 unspecified atom stereocenters. The first-order valence-electron chi connectivity index (χ1n) is 8.83. The molecule has 0 spiro atoms. The third-order valence-corrected chi connectivity index (χ3v) is 5.84. The molecule has 3 aromatic heterocycles. The molecule has 0 aliphatic carbocycles. The van der Waals surface area contributed by atoms with Crippen LogP contribution in [0, 0.1) is 6.92 Å². The first kappa shape index (κ1) is 17.0. The van der Waals surface area contributed by atoms with E-state index in [-0.39, 0.29) is 5.91 Å². The number of aromatic nitrogens is 4. The fourth-order valence-electron chi connectivity index (χ4n) is 3.30. The molecule has 0 bridgehead atoms. The highest BCUT2D eigenvalue weighted by atomic mass is 32.1. The Bertz CT molecular complexity index is 938. The number of hydrogen-bond acceptors (Lipinski definition) is 6. The summed E-state index contributed by atoms with van der Waals surface area (Å²) in [6.45, 7) is 9.23. The number of fused-ring (bicyclic) bond motifs is 1. The Morgan fingerprint density at radius 2 is 2.00 bits per heavy atom. The molecule has 0 saturated carbocycles. The van der Waals surface area contributed by atoms with Gasteiger partial charge in [-0.3, -0.25) is 9.20 Å². The fraction of sp³-hybridized carbons (Fsp3) is 0.444. The molecule has 4 heterocycles. The number of thiophene rings is 1. The van der Waals surface area contributed by atoms with E-state index in [0.29, 0.717) is 24.8 Å². The summed E-state index contributed by atoms with van der Waals surface area (Å²) < 4.78 is 1.94. The Morgan fingerprint density at radius 3 is 2.65 bits per heavy atom. The highest BCUT2D eigenvalue weighted by molar-refractivity contribution is 7.12. The lowest BCUT2D eigenvalue weighted by molar-refractivity contribution is 0.0750. The van der Waals surface area contributed by atoms with Crippen LogP contribution in [0.2, 0.25) is 0 Å². The number of rotatable bonds is 3. The lowest BCUT2D eigenvalue weighted by Crippen LogP contribution is -2.49. The second kappa shape index (κ2) is 6.68. The van der Waals surface area contributed by atoms with Gasteiger partial charge >= 0.3 is 0 Å². The molecule has 1 saturated heterocycles. The van der Waals surface area contributed by atoms with Gasteiger partial charge in [-0.15, -0.1) is 21.5 Å². The van der Waals surface area contributed by atoms with E-state index < -0.39 is 0 Å². The molecule has 3 aromatic rings. The number of carbonyl (C=O) groups is 1. The average Bonchev–Trinajstić information content (AvgIpc) is 3.28. The molecule has 7 nitrogen and oxygen atoms in total. The highest BCUT2D eigenvalue weighted by Gasteiger charge is 2.25. The molecule has 26 heavy (non-hydrogen) atoms. The summed E-state index contributed by atoms with van der Waals surface area (Å²) in [5.41, 5.74) is 2.20. The maximum absolute atomic E-state index is 12.7. The van der Waals surface area contributed by atoms with Gasteiger partial charge in [0, 0.05) is 37.9 Å². The third kappa shape index (κ3) is 2.94. The smallest absolute Gasteiger partial charge is 0.264 e. The zero-order chi connectivity index (χ0) is 18.3. The summed E-state index contributed by atoms with van der Waals surface area (Å²) >= 11 is 1.52. The molecule has 1 aliphatic rings. The van der Waals surface area contributed by atoms with Gasteiger partial charge in [-0.1, -0.05) is 13.8 Å². The van der Waals surface area contributed by atoms with Crippen molar-refractivity contribution in [3.63, 3.8) is 0 Å². The number of piperazine rings is 1. The van der Waals surface area contributed by atoms with Crippen molar-refractivity contribution >= 4 is 28.8 Å². The zero-order valence-electron chi connectivity index (χ0n) is 15.2. The summed E-state index contributed by atoms with van der Waals surface area (Å²) in [6, 6.07) is 4.11. The Balaban J connectivity index is 1.52. The highest BCUT2D eigenvalue weighted by Crippen LogP contribution is 2.23. The van der Waals surface area contributed by atoms with Crippen molar-refractivity contribution in [3.05, 3.63) is 40.0 Å². The average molecular weight is 370 g/mol. The van der Waals surface area contributed by atoms with E-state index >= 15 is 0 Å². The van der Waals surface area contributed by atoms with Gasteiger partial charge in [-0.2, -0.15) is 4.98 Å². The fourth-order valence-corrected chi connectivity index (χ4v) is 4.20.